The highest BCUT2D eigenvalue weighted by Gasteiger charge is 2.08. The zero-order valence-electron chi connectivity index (χ0n) is 8.61. The van der Waals surface area contributed by atoms with Crippen molar-refractivity contribution < 1.29 is 19.3 Å². The largest absolute Gasteiger partial charge is 0.504 e. The maximum atomic E-state index is 11.8. The molecule has 0 aromatic heterocycles. The quantitative estimate of drug-likeness (QED) is 0.789. The van der Waals surface area contributed by atoms with Crippen LogP contribution in [0.3, 0.4) is 0 Å². The van der Waals surface area contributed by atoms with E-state index in [0.29, 0.717) is 12.0 Å². The molecule has 0 aliphatic heterocycles. The van der Waals surface area contributed by atoms with Crippen LogP contribution in [0.2, 0.25) is 0 Å². The summed E-state index contributed by atoms with van der Waals surface area (Å²) in [5.74, 6) is 0.160. The minimum Gasteiger partial charge on any atom is -0.504 e. The molecule has 0 spiro atoms. The molecule has 0 fully saturated rings. The highest BCUT2D eigenvalue weighted by Crippen LogP contribution is 2.29. The maximum absolute atomic E-state index is 11.8. The van der Waals surface area contributed by atoms with Gasteiger partial charge < -0.3 is 14.9 Å². The Morgan fingerprint density at radius 2 is 2.20 bits per heavy atom. The number of halogens is 1. The average Bonchev–Trinajstić information content (AvgIpc) is 2.26. The van der Waals surface area contributed by atoms with Crippen molar-refractivity contribution in [3.8, 4) is 11.5 Å². The predicted octanol–water partition coefficient (Wildman–Crippen LogP) is 2.18. The molecule has 0 aliphatic carbocycles. The fourth-order valence-electron chi connectivity index (χ4n) is 1.25. The SMILES string of the molecule is CC[C@H](O)c1ccc(OCCF)c(O)c1. The van der Waals surface area contributed by atoms with Gasteiger partial charge in [-0.15, -0.1) is 0 Å². The van der Waals surface area contributed by atoms with E-state index in [-0.39, 0.29) is 18.1 Å². The fourth-order valence-corrected chi connectivity index (χ4v) is 1.25. The molecule has 1 atom stereocenters. The minimum atomic E-state index is -0.598. The number of phenolic OH excluding ortho intramolecular Hbond substituents is 1. The van der Waals surface area contributed by atoms with Crippen molar-refractivity contribution in [2.45, 2.75) is 19.4 Å². The molecule has 0 radical (unpaired) electrons. The number of alkyl halides is 1. The summed E-state index contributed by atoms with van der Waals surface area (Å²) in [7, 11) is 0. The number of aliphatic hydroxyl groups is 1. The third-order valence-corrected chi connectivity index (χ3v) is 2.09. The Morgan fingerprint density at radius 1 is 1.47 bits per heavy atom. The molecular formula is C11H15FO3. The number of rotatable bonds is 5. The summed E-state index contributed by atoms with van der Waals surface area (Å²) in [5, 5.41) is 19.0. The van der Waals surface area contributed by atoms with Gasteiger partial charge in [-0.05, 0) is 24.1 Å². The third kappa shape index (κ3) is 3.09. The van der Waals surface area contributed by atoms with Crippen LogP contribution in [0.5, 0.6) is 11.5 Å². The van der Waals surface area contributed by atoms with Gasteiger partial charge in [-0.2, -0.15) is 0 Å². The first-order chi connectivity index (χ1) is 7.19. The van der Waals surface area contributed by atoms with Crippen LogP contribution < -0.4 is 4.74 Å². The zero-order chi connectivity index (χ0) is 11.3. The molecule has 1 aromatic carbocycles. The minimum absolute atomic E-state index is 0.0755. The van der Waals surface area contributed by atoms with E-state index in [9.17, 15) is 14.6 Å². The van der Waals surface area contributed by atoms with E-state index >= 15 is 0 Å². The molecule has 0 bridgehead atoms. The molecule has 0 saturated carbocycles. The Bertz CT molecular complexity index is 315. The van der Waals surface area contributed by atoms with E-state index in [4.69, 9.17) is 4.74 Å². The van der Waals surface area contributed by atoms with Crippen molar-refractivity contribution in [2.24, 2.45) is 0 Å². The van der Waals surface area contributed by atoms with Crippen LogP contribution in [0.15, 0.2) is 18.2 Å². The second kappa shape index (κ2) is 5.56. The summed E-state index contributed by atoms with van der Waals surface area (Å²) in [6, 6.07) is 4.61. The van der Waals surface area contributed by atoms with E-state index in [0.717, 1.165) is 0 Å². The second-order valence-corrected chi connectivity index (χ2v) is 3.19. The van der Waals surface area contributed by atoms with Gasteiger partial charge in [0.25, 0.3) is 0 Å². The summed E-state index contributed by atoms with van der Waals surface area (Å²) in [6.45, 7) is 1.16. The van der Waals surface area contributed by atoms with Crippen LogP contribution in [-0.4, -0.2) is 23.5 Å². The number of phenols is 1. The lowest BCUT2D eigenvalue weighted by atomic mass is 10.1. The number of benzene rings is 1. The lowest BCUT2D eigenvalue weighted by Crippen LogP contribution is -2.00. The van der Waals surface area contributed by atoms with Crippen LogP contribution in [0.25, 0.3) is 0 Å². The lowest BCUT2D eigenvalue weighted by Gasteiger charge is -2.11. The van der Waals surface area contributed by atoms with E-state index in [1.807, 2.05) is 6.92 Å². The van der Waals surface area contributed by atoms with Crippen LogP contribution in [-0.2, 0) is 0 Å². The van der Waals surface area contributed by atoms with Gasteiger partial charge in [-0.25, -0.2) is 4.39 Å². The number of ether oxygens (including phenoxy) is 1. The number of aliphatic hydroxyl groups excluding tert-OH is 1. The molecule has 4 heteroatoms. The first-order valence-corrected chi connectivity index (χ1v) is 4.88. The molecule has 1 rings (SSSR count). The molecule has 15 heavy (non-hydrogen) atoms. The molecule has 3 nitrogen and oxygen atoms in total. The molecule has 0 amide bonds. The molecule has 0 aliphatic rings. The van der Waals surface area contributed by atoms with Gasteiger partial charge in [-0.3, -0.25) is 0 Å². The van der Waals surface area contributed by atoms with E-state index in [1.54, 1.807) is 6.07 Å². The van der Waals surface area contributed by atoms with Crippen LogP contribution in [0.1, 0.15) is 25.0 Å². The Kier molecular flexibility index (Phi) is 4.37. The zero-order valence-corrected chi connectivity index (χ0v) is 8.61. The molecule has 84 valence electrons. The first kappa shape index (κ1) is 11.8. The van der Waals surface area contributed by atoms with Gasteiger partial charge in [-0.1, -0.05) is 13.0 Å². The van der Waals surface area contributed by atoms with Gasteiger partial charge in [0.1, 0.15) is 13.3 Å². The topological polar surface area (TPSA) is 49.7 Å². The van der Waals surface area contributed by atoms with E-state index < -0.39 is 12.8 Å². The maximum Gasteiger partial charge on any atom is 0.161 e. The van der Waals surface area contributed by atoms with E-state index in [2.05, 4.69) is 0 Å². The highest BCUT2D eigenvalue weighted by molar-refractivity contribution is 5.42. The molecule has 0 heterocycles. The monoisotopic (exact) mass is 214 g/mol. The van der Waals surface area contributed by atoms with Crippen molar-refractivity contribution in [2.75, 3.05) is 13.3 Å². The summed E-state index contributed by atoms with van der Waals surface area (Å²) in [6.07, 6.45) is -0.0180. The van der Waals surface area contributed by atoms with Crippen molar-refractivity contribution >= 4 is 0 Å². The van der Waals surface area contributed by atoms with Crippen LogP contribution in [0.4, 0.5) is 4.39 Å². The third-order valence-electron chi connectivity index (χ3n) is 2.09. The average molecular weight is 214 g/mol. The summed E-state index contributed by atoms with van der Waals surface area (Å²) in [4.78, 5) is 0. The summed E-state index contributed by atoms with van der Waals surface area (Å²) < 4.78 is 16.8. The van der Waals surface area contributed by atoms with Crippen LogP contribution in [0, 0.1) is 0 Å². The Labute approximate surface area is 88.1 Å². The Morgan fingerprint density at radius 3 is 2.73 bits per heavy atom. The van der Waals surface area contributed by atoms with Crippen molar-refractivity contribution in [3.05, 3.63) is 23.8 Å². The number of aromatic hydroxyl groups is 1. The molecule has 0 saturated heterocycles. The summed E-state index contributed by atoms with van der Waals surface area (Å²) >= 11 is 0. The van der Waals surface area contributed by atoms with Gasteiger partial charge in [0.05, 0.1) is 6.10 Å². The smallest absolute Gasteiger partial charge is 0.161 e. The Hall–Kier alpha value is -1.29. The highest BCUT2D eigenvalue weighted by atomic mass is 19.1. The Balaban J connectivity index is 2.78. The number of hydrogen-bond donors (Lipinski definition) is 2. The molecule has 0 unspecified atom stereocenters. The van der Waals surface area contributed by atoms with E-state index in [1.165, 1.54) is 12.1 Å². The van der Waals surface area contributed by atoms with Crippen molar-refractivity contribution in [3.63, 3.8) is 0 Å². The standard InChI is InChI=1S/C11H15FO3/c1-2-9(13)8-3-4-11(10(14)7-8)15-6-5-12/h3-4,7,9,13-14H,2,5-6H2,1H3/t9-/m0/s1. The normalized spacial score (nSPS) is 12.5. The molecule has 1 aromatic rings. The lowest BCUT2D eigenvalue weighted by molar-refractivity contribution is 0.173. The number of hydrogen-bond acceptors (Lipinski definition) is 3. The molecule has 2 N–H and O–H groups in total. The van der Waals surface area contributed by atoms with Crippen molar-refractivity contribution in [1.29, 1.82) is 0 Å². The van der Waals surface area contributed by atoms with Gasteiger partial charge in [0, 0.05) is 0 Å². The van der Waals surface area contributed by atoms with Gasteiger partial charge in [0.2, 0.25) is 0 Å². The predicted molar refractivity (Wildman–Crippen MR) is 54.8 cm³/mol. The first-order valence-electron chi connectivity index (χ1n) is 4.88. The van der Waals surface area contributed by atoms with Crippen molar-refractivity contribution in [1.82, 2.24) is 0 Å². The second-order valence-electron chi connectivity index (χ2n) is 3.19. The summed E-state index contributed by atoms with van der Waals surface area (Å²) in [5.41, 5.74) is 0.627. The fraction of sp³-hybridized carbons (Fsp3) is 0.455. The van der Waals surface area contributed by atoms with Crippen LogP contribution >= 0.6 is 0 Å². The molecular weight excluding hydrogens is 199 g/mol. The van der Waals surface area contributed by atoms with Gasteiger partial charge in [0.15, 0.2) is 11.5 Å². The van der Waals surface area contributed by atoms with Gasteiger partial charge >= 0.3 is 0 Å².